The Morgan fingerprint density at radius 3 is 2.62 bits per heavy atom. The molecule has 2 nitrogen and oxygen atoms in total. The van der Waals surface area contributed by atoms with Gasteiger partial charge in [-0.2, -0.15) is 0 Å². The summed E-state index contributed by atoms with van der Waals surface area (Å²) in [5, 5.41) is 3.56. The van der Waals surface area contributed by atoms with E-state index in [2.05, 4.69) is 50.9 Å². The largest absolute Gasteiger partial charge is 0.312 e. The summed E-state index contributed by atoms with van der Waals surface area (Å²) >= 11 is 0. The topological polar surface area (TPSA) is 15.3 Å². The van der Waals surface area contributed by atoms with Gasteiger partial charge in [-0.1, -0.05) is 11.6 Å². The van der Waals surface area contributed by atoms with Crippen LogP contribution in [0.4, 0.5) is 0 Å². The molecular formula is C14H28N2. The number of hydrogen-bond donors (Lipinski definition) is 1. The highest BCUT2D eigenvalue weighted by atomic mass is 15.2. The van der Waals surface area contributed by atoms with Gasteiger partial charge in [0, 0.05) is 24.7 Å². The lowest BCUT2D eigenvalue weighted by molar-refractivity contribution is 0.210. The van der Waals surface area contributed by atoms with Gasteiger partial charge in [0.05, 0.1) is 0 Å². The van der Waals surface area contributed by atoms with Gasteiger partial charge in [0.2, 0.25) is 0 Å². The summed E-state index contributed by atoms with van der Waals surface area (Å²) in [6, 6.07) is 0.694. The zero-order valence-corrected chi connectivity index (χ0v) is 11.6. The SMILES string of the molecule is CC1=CCN(C(C)CCNC(C)(C)C)CC1. The Bertz CT molecular complexity index is 238. The fourth-order valence-corrected chi connectivity index (χ4v) is 2.03. The molecule has 0 aromatic carbocycles. The fourth-order valence-electron chi connectivity index (χ4n) is 2.03. The molecule has 0 aromatic rings. The molecule has 0 radical (unpaired) electrons. The maximum Gasteiger partial charge on any atom is 0.0168 e. The zero-order chi connectivity index (χ0) is 12.2. The Labute approximate surface area is 101 Å². The van der Waals surface area contributed by atoms with Crippen LogP contribution < -0.4 is 5.32 Å². The van der Waals surface area contributed by atoms with Crippen LogP contribution in [-0.2, 0) is 0 Å². The predicted octanol–water partition coefficient (Wildman–Crippen LogP) is 2.81. The van der Waals surface area contributed by atoms with Crippen LogP contribution >= 0.6 is 0 Å². The summed E-state index contributed by atoms with van der Waals surface area (Å²) in [6.45, 7) is 14.8. The third-order valence-electron chi connectivity index (χ3n) is 3.31. The molecule has 0 spiro atoms. The molecule has 0 fully saturated rings. The van der Waals surface area contributed by atoms with Gasteiger partial charge < -0.3 is 5.32 Å². The first-order valence-electron chi connectivity index (χ1n) is 6.53. The highest BCUT2D eigenvalue weighted by molar-refractivity contribution is 5.04. The van der Waals surface area contributed by atoms with E-state index in [0.717, 1.165) is 13.1 Å². The Hall–Kier alpha value is -0.340. The van der Waals surface area contributed by atoms with Crippen molar-refractivity contribution in [1.82, 2.24) is 10.2 Å². The maximum atomic E-state index is 3.56. The van der Waals surface area contributed by atoms with Crippen molar-refractivity contribution in [3.63, 3.8) is 0 Å². The lowest BCUT2D eigenvalue weighted by Gasteiger charge is -2.32. The van der Waals surface area contributed by atoms with Crippen molar-refractivity contribution >= 4 is 0 Å². The van der Waals surface area contributed by atoms with Gasteiger partial charge in [0.25, 0.3) is 0 Å². The standard InChI is InChI=1S/C14H28N2/c1-12-7-10-16(11-8-12)13(2)6-9-15-14(3,4)5/h7,13,15H,6,8-11H2,1-5H3. The first kappa shape index (κ1) is 13.7. The van der Waals surface area contributed by atoms with Crippen LogP contribution in [-0.4, -0.2) is 36.1 Å². The van der Waals surface area contributed by atoms with Gasteiger partial charge in [0.15, 0.2) is 0 Å². The Kier molecular flexibility index (Phi) is 5.00. The summed E-state index contributed by atoms with van der Waals surface area (Å²) in [7, 11) is 0. The van der Waals surface area contributed by atoms with Gasteiger partial charge >= 0.3 is 0 Å². The molecule has 0 aromatic heterocycles. The number of rotatable bonds is 4. The van der Waals surface area contributed by atoms with Gasteiger partial charge in [-0.25, -0.2) is 0 Å². The summed E-state index contributed by atoms with van der Waals surface area (Å²) in [6.07, 6.45) is 4.86. The zero-order valence-electron chi connectivity index (χ0n) is 11.6. The van der Waals surface area contributed by atoms with Crippen LogP contribution in [0.2, 0.25) is 0 Å². The van der Waals surface area contributed by atoms with Gasteiger partial charge in [-0.15, -0.1) is 0 Å². The second-order valence-corrected chi connectivity index (χ2v) is 6.11. The molecule has 2 heteroatoms. The Morgan fingerprint density at radius 1 is 1.44 bits per heavy atom. The highest BCUT2D eigenvalue weighted by Crippen LogP contribution is 2.14. The molecule has 0 amide bonds. The highest BCUT2D eigenvalue weighted by Gasteiger charge is 2.16. The molecule has 1 atom stereocenters. The molecular weight excluding hydrogens is 196 g/mol. The molecule has 1 N–H and O–H groups in total. The Balaban J connectivity index is 2.23. The summed E-state index contributed by atoms with van der Waals surface area (Å²) in [5.74, 6) is 0. The van der Waals surface area contributed by atoms with E-state index >= 15 is 0 Å². The molecule has 0 saturated heterocycles. The van der Waals surface area contributed by atoms with E-state index in [1.165, 1.54) is 19.4 Å². The van der Waals surface area contributed by atoms with Crippen molar-refractivity contribution < 1.29 is 0 Å². The molecule has 1 aliphatic rings. The van der Waals surface area contributed by atoms with Crippen LogP contribution in [0.1, 0.15) is 47.5 Å². The van der Waals surface area contributed by atoms with Crippen LogP contribution in [0.15, 0.2) is 11.6 Å². The first-order chi connectivity index (χ1) is 7.38. The average molecular weight is 224 g/mol. The molecule has 0 bridgehead atoms. The van der Waals surface area contributed by atoms with Gasteiger partial charge in [0.1, 0.15) is 0 Å². The summed E-state index contributed by atoms with van der Waals surface area (Å²) in [5.41, 5.74) is 1.80. The van der Waals surface area contributed by atoms with E-state index in [1.807, 2.05) is 0 Å². The van der Waals surface area contributed by atoms with Crippen LogP contribution in [0, 0.1) is 0 Å². The predicted molar refractivity (Wildman–Crippen MR) is 71.8 cm³/mol. The van der Waals surface area contributed by atoms with E-state index in [1.54, 1.807) is 5.57 Å². The summed E-state index contributed by atoms with van der Waals surface area (Å²) < 4.78 is 0. The van der Waals surface area contributed by atoms with E-state index < -0.39 is 0 Å². The minimum Gasteiger partial charge on any atom is -0.312 e. The van der Waals surface area contributed by atoms with Crippen molar-refractivity contribution in [2.24, 2.45) is 0 Å². The molecule has 1 unspecified atom stereocenters. The molecule has 1 aliphatic heterocycles. The van der Waals surface area contributed by atoms with E-state index in [4.69, 9.17) is 0 Å². The lowest BCUT2D eigenvalue weighted by atomic mass is 10.1. The van der Waals surface area contributed by atoms with Crippen LogP contribution in [0.25, 0.3) is 0 Å². The van der Waals surface area contributed by atoms with E-state index in [0.29, 0.717) is 6.04 Å². The first-order valence-corrected chi connectivity index (χ1v) is 6.53. The van der Waals surface area contributed by atoms with Crippen LogP contribution in [0.5, 0.6) is 0 Å². The van der Waals surface area contributed by atoms with E-state index in [-0.39, 0.29) is 5.54 Å². The van der Waals surface area contributed by atoms with Crippen molar-refractivity contribution in [2.75, 3.05) is 19.6 Å². The molecule has 0 saturated carbocycles. The number of hydrogen-bond acceptors (Lipinski definition) is 2. The molecule has 94 valence electrons. The lowest BCUT2D eigenvalue weighted by Crippen LogP contribution is -2.41. The second kappa shape index (κ2) is 5.83. The quantitative estimate of drug-likeness (QED) is 0.739. The molecule has 1 heterocycles. The second-order valence-electron chi connectivity index (χ2n) is 6.11. The smallest absolute Gasteiger partial charge is 0.0168 e. The van der Waals surface area contributed by atoms with Crippen molar-refractivity contribution in [3.05, 3.63) is 11.6 Å². The summed E-state index contributed by atoms with van der Waals surface area (Å²) in [4.78, 5) is 2.58. The van der Waals surface area contributed by atoms with Crippen LogP contribution in [0.3, 0.4) is 0 Å². The van der Waals surface area contributed by atoms with Crippen molar-refractivity contribution in [1.29, 1.82) is 0 Å². The normalized spacial score (nSPS) is 20.7. The maximum absolute atomic E-state index is 3.56. The minimum absolute atomic E-state index is 0.248. The molecule has 16 heavy (non-hydrogen) atoms. The monoisotopic (exact) mass is 224 g/mol. The number of nitrogens with one attached hydrogen (secondary N) is 1. The third-order valence-corrected chi connectivity index (χ3v) is 3.31. The van der Waals surface area contributed by atoms with Gasteiger partial charge in [-0.3, -0.25) is 4.90 Å². The third kappa shape index (κ3) is 5.13. The molecule has 0 aliphatic carbocycles. The van der Waals surface area contributed by atoms with Crippen molar-refractivity contribution in [2.45, 2.75) is 59.0 Å². The number of nitrogens with zero attached hydrogens (tertiary/aromatic N) is 1. The minimum atomic E-state index is 0.248. The van der Waals surface area contributed by atoms with Gasteiger partial charge in [-0.05, 0) is 54.0 Å². The van der Waals surface area contributed by atoms with Crippen molar-refractivity contribution in [3.8, 4) is 0 Å². The van der Waals surface area contributed by atoms with E-state index in [9.17, 15) is 0 Å². The fraction of sp³-hybridized carbons (Fsp3) is 0.857. The molecule has 1 rings (SSSR count). The average Bonchev–Trinajstić information content (AvgIpc) is 2.16. The Morgan fingerprint density at radius 2 is 2.12 bits per heavy atom.